The number of thiazole rings is 1. The van der Waals surface area contributed by atoms with Crippen molar-refractivity contribution in [2.75, 3.05) is 11.9 Å². The van der Waals surface area contributed by atoms with E-state index in [1.165, 1.54) is 6.07 Å². The van der Waals surface area contributed by atoms with E-state index in [9.17, 15) is 9.50 Å². The molecule has 18 heavy (non-hydrogen) atoms. The fourth-order valence-corrected chi connectivity index (χ4v) is 2.72. The van der Waals surface area contributed by atoms with Gasteiger partial charge in [-0.25, -0.2) is 9.37 Å². The summed E-state index contributed by atoms with van der Waals surface area (Å²) in [5.41, 5.74) is 3.80. The first kappa shape index (κ1) is 13.0. The highest BCUT2D eigenvalue weighted by molar-refractivity contribution is 7.09. The molecule has 5 heteroatoms. The summed E-state index contributed by atoms with van der Waals surface area (Å²) in [5.74, 6) is -0.314. The maximum absolute atomic E-state index is 13.9. The van der Waals surface area contributed by atoms with Gasteiger partial charge in [0.1, 0.15) is 5.82 Å². The van der Waals surface area contributed by atoms with Crippen LogP contribution in [-0.4, -0.2) is 17.1 Å². The number of hydrogen-bond donors (Lipinski definition) is 1. The van der Waals surface area contributed by atoms with E-state index in [1.54, 1.807) is 33.9 Å². The highest BCUT2D eigenvalue weighted by atomic mass is 32.1. The maximum atomic E-state index is 13.9. The van der Waals surface area contributed by atoms with Crippen LogP contribution in [0.5, 0.6) is 0 Å². The van der Waals surface area contributed by atoms with Gasteiger partial charge in [-0.15, -0.1) is 11.3 Å². The Hall–Kier alpha value is -1.46. The van der Waals surface area contributed by atoms with E-state index in [2.05, 4.69) is 4.98 Å². The summed E-state index contributed by atoms with van der Waals surface area (Å²) in [4.78, 5) is 7.09. The minimum Gasteiger partial charge on any atom is -0.392 e. The van der Waals surface area contributed by atoms with Crippen molar-refractivity contribution in [1.29, 1.82) is 0 Å². The number of nitrogens with zero attached hydrogens (tertiary/aromatic N) is 2. The largest absolute Gasteiger partial charge is 0.392 e. The van der Waals surface area contributed by atoms with Gasteiger partial charge in [0, 0.05) is 17.5 Å². The van der Waals surface area contributed by atoms with Crippen molar-refractivity contribution in [2.24, 2.45) is 0 Å². The minimum atomic E-state index is -0.314. The van der Waals surface area contributed by atoms with E-state index in [0.29, 0.717) is 17.8 Å². The van der Waals surface area contributed by atoms with E-state index < -0.39 is 0 Å². The van der Waals surface area contributed by atoms with Crippen LogP contribution in [0, 0.1) is 12.7 Å². The number of aromatic nitrogens is 1. The maximum Gasteiger partial charge on any atom is 0.146 e. The highest BCUT2D eigenvalue weighted by Crippen LogP contribution is 2.26. The average molecular weight is 266 g/mol. The van der Waals surface area contributed by atoms with E-state index >= 15 is 0 Å². The van der Waals surface area contributed by atoms with Gasteiger partial charge < -0.3 is 10.0 Å². The molecular formula is C13H15FN2OS. The van der Waals surface area contributed by atoms with Crippen molar-refractivity contribution in [3.63, 3.8) is 0 Å². The fourth-order valence-electron chi connectivity index (χ4n) is 1.89. The second-order valence-corrected chi connectivity index (χ2v) is 5.06. The van der Waals surface area contributed by atoms with Crippen molar-refractivity contribution in [2.45, 2.75) is 20.1 Å². The van der Waals surface area contributed by atoms with Crippen molar-refractivity contribution in [1.82, 2.24) is 4.98 Å². The molecule has 0 saturated heterocycles. The van der Waals surface area contributed by atoms with Crippen molar-refractivity contribution in [3.8, 4) is 0 Å². The van der Waals surface area contributed by atoms with Gasteiger partial charge in [0.05, 0.1) is 30.0 Å². The second kappa shape index (κ2) is 5.46. The molecule has 0 saturated carbocycles. The van der Waals surface area contributed by atoms with Crippen LogP contribution >= 0.6 is 11.3 Å². The number of aliphatic hydroxyl groups excluding tert-OH is 1. The number of benzene rings is 1. The normalized spacial score (nSPS) is 10.7. The Morgan fingerprint density at radius 1 is 1.44 bits per heavy atom. The van der Waals surface area contributed by atoms with Crippen LogP contribution < -0.4 is 4.90 Å². The summed E-state index contributed by atoms with van der Waals surface area (Å²) >= 11 is 1.55. The Balaban J connectivity index is 2.29. The van der Waals surface area contributed by atoms with Crippen LogP contribution in [0.15, 0.2) is 23.7 Å². The number of halogens is 1. The summed E-state index contributed by atoms with van der Waals surface area (Å²) < 4.78 is 13.9. The Morgan fingerprint density at radius 2 is 2.22 bits per heavy atom. The monoisotopic (exact) mass is 266 g/mol. The quantitative estimate of drug-likeness (QED) is 0.924. The molecule has 3 nitrogen and oxygen atoms in total. The Bertz CT molecular complexity index is 542. The van der Waals surface area contributed by atoms with Crippen LogP contribution in [0.4, 0.5) is 10.1 Å². The third-order valence-corrected chi connectivity index (χ3v) is 3.77. The summed E-state index contributed by atoms with van der Waals surface area (Å²) in [6.07, 6.45) is 0. The molecule has 0 aliphatic heterocycles. The fraction of sp³-hybridized carbons (Fsp3) is 0.308. The van der Waals surface area contributed by atoms with Crippen LogP contribution in [0.2, 0.25) is 0 Å². The van der Waals surface area contributed by atoms with Gasteiger partial charge in [0.15, 0.2) is 0 Å². The first-order valence-corrected chi connectivity index (χ1v) is 6.49. The van der Waals surface area contributed by atoms with Crippen molar-refractivity contribution < 1.29 is 9.50 Å². The lowest BCUT2D eigenvalue weighted by atomic mass is 10.1. The van der Waals surface area contributed by atoms with Gasteiger partial charge in [-0.05, 0) is 13.0 Å². The smallest absolute Gasteiger partial charge is 0.146 e. The minimum absolute atomic E-state index is 0.168. The molecule has 0 spiro atoms. The van der Waals surface area contributed by atoms with Gasteiger partial charge in [0.25, 0.3) is 0 Å². The number of anilines is 1. The molecule has 1 heterocycles. The van der Waals surface area contributed by atoms with Crippen molar-refractivity contribution in [3.05, 3.63) is 45.7 Å². The molecule has 0 bridgehead atoms. The molecule has 0 unspecified atom stereocenters. The average Bonchev–Trinajstić information content (AvgIpc) is 2.74. The molecule has 0 fully saturated rings. The first-order chi connectivity index (χ1) is 8.63. The molecule has 0 aliphatic rings. The first-order valence-electron chi connectivity index (χ1n) is 5.62. The third kappa shape index (κ3) is 2.52. The van der Waals surface area contributed by atoms with Crippen LogP contribution in [0.1, 0.15) is 16.1 Å². The zero-order chi connectivity index (χ0) is 13.1. The van der Waals surface area contributed by atoms with E-state index in [-0.39, 0.29) is 12.4 Å². The topological polar surface area (TPSA) is 36.4 Å². The Morgan fingerprint density at radius 3 is 2.83 bits per heavy atom. The zero-order valence-electron chi connectivity index (χ0n) is 10.4. The molecule has 96 valence electrons. The Kier molecular flexibility index (Phi) is 3.93. The molecule has 1 N–H and O–H groups in total. The summed E-state index contributed by atoms with van der Waals surface area (Å²) in [5, 5.41) is 9.27. The molecule has 1 aromatic carbocycles. The number of hydrogen-bond acceptors (Lipinski definition) is 4. The summed E-state index contributed by atoms with van der Waals surface area (Å²) in [6.45, 7) is 2.36. The molecule has 0 radical (unpaired) electrons. The van der Waals surface area contributed by atoms with Crippen LogP contribution in [-0.2, 0) is 13.2 Å². The lowest BCUT2D eigenvalue weighted by Crippen LogP contribution is -2.19. The van der Waals surface area contributed by atoms with E-state index in [4.69, 9.17) is 0 Å². The van der Waals surface area contributed by atoms with Gasteiger partial charge in [0.2, 0.25) is 0 Å². The summed E-state index contributed by atoms with van der Waals surface area (Å²) in [6, 6.07) is 4.75. The molecule has 2 rings (SSSR count). The lowest BCUT2D eigenvalue weighted by molar-refractivity contribution is 0.281. The SMILES string of the molecule is Cc1ncsc1CN(C)c1c(F)cccc1CO. The van der Waals surface area contributed by atoms with Gasteiger partial charge in [-0.1, -0.05) is 12.1 Å². The lowest BCUT2D eigenvalue weighted by Gasteiger charge is -2.22. The zero-order valence-corrected chi connectivity index (χ0v) is 11.2. The molecule has 2 aromatic rings. The molecular weight excluding hydrogens is 251 g/mol. The van der Waals surface area contributed by atoms with Crippen LogP contribution in [0.3, 0.4) is 0 Å². The Labute approximate surface area is 110 Å². The molecule has 0 atom stereocenters. The van der Waals surface area contributed by atoms with Gasteiger partial charge in [-0.3, -0.25) is 0 Å². The van der Waals surface area contributed by atoms with Gasteiger partial charge >= 0.3 is 0 Å². The molecule has 1 aromatic heterocycles. The second-order valence-electron chi connectivity index (χ2n) is 4.12. The summed E-state index contributed by atoms with van der Waals surface area (Å²) in [7, 11) is 1.82. The molecule has 0 amide bonds. The van der Waals surface area contributed by atoms with E-state index in [0.717, 1.165) is 10.6 Å². The standard InChI is InChI=1S/C13H15FN2OS/c1-9-12(18-8-15-9)6-16(2)13-10(7-17)4-3-5-11(13)14/h3-5,8,17H,6-7H2,1-2H3. The van der Waals surface area contributed by atoms with Crippen molar-refractivity contribution >= 4 is 17.0 Å². The predicted octanol–water partition coefficient (Wildman–Crippen LogP) is 2.72. The number of rotatable bonds is 4. The number of aliphatic hydroxyl groups is 1. The van der Waals surface area contributed by atoms with Crippen LogP contribution in [0.25, 0.3) is 0 Å². The third-order valence-electron chi connectivity index (χ3n) is 2.85. The predicted molar refractivity (Wildman–Crippen MR) is 71.3 cm³/mol. The molecule has 0 aliphatic carbocycles. The number of aryl methyl sites for hydroxylation is 1. The number of para-hydroxylation sites is 1. The van der Waals surface area contributed by atoms with Gasteiger partial charge in [-0.2, -0.15) is 0 Å². The highest BCUT2D eigenvalue weighted by Gasteiger charge is 2.14. The van der Waals surface area contributed by atoms with E-state index in [1.807, 2.05) is 14.0 Å².